The van der Waals surface area contributed by atoms with Gasteiger partial charge in [0.05, 0.1) is 26.1 Å². The van der Waals surface area contributed by atoms with Crippen molar-refractivity contribution in [3.8, 4) is 11.5 Å². The number of hydrogen-bond acceptors (Lipinski definition) is 8. The van der Waals surface area contributed by atoms with Gasteiger partial charge in [-0.05, 0) is 29.8 Å². The van der Waals surface area contributed by atoms with Gasteiger partial charge in [0.15, 0.2) is 5.82 Å². The molecular weight excluding hydrogens is 320 g/mol. The molecule has 2 aromatic heterocycles. The van der Waals surface area contributed by atoms with E-state index in [2.05, 4.69) is 30.8 Å². The summed E-state index contributed by atoms with van der Waals surface area (Å²) in [6, 6.07) is 9.32. The molecule has 2 N–H and O–H groups in total. The molecule has 0 unspecified atom stereocenters. The molecule has 25 heavy (non-hydrogen) atoms. The standard InChI is InChI=1S/C17H18N6O2/c1-24-13-3-4-14(15(9-13)25-2)21-16-11-20-23-17(22-16)19-10-12-5-7-18-8-6-12/h3-9,11H,10H2,1-2H3,(H2,19,21,22,23). The van der Waals surface area contributed by atoms with Gasteiger partial charge in [-0.15, -0.1) is 5.10 Å². The van der Waals surface area contributed by atoms with E-state index in [4.69, 9.17) is 9.47 Å². The van der Waals surface area contributed by atoms with Gasteiger partial charge in [-0.2, -0.15) is 10.1 Å². The third-order valence-electron chi connectivity index (χ3n) is 3.43. The fraction of sp³-hybridized carbons (Fsp3) is 0.176. The van der Waals surface area contributed by atoms with Crippen LogP contribution in [-0.4, -0.2) is 34.4 Å². The Kier molecular flexibility index (Phi) is 5.20. The number of nitrogens with one attached hydrogen (secondary N) is 2. The highest BCUT2D eigenvalue weighted by Crippen LogP contribution is 2.30. The number of nitrogens with zero attached hydrogens (tertiary/aromatic N) is 4. The first-order valence-electron chi connectivity index (χ1n) is 7.60. The second kappa shape index (κ2) is 7.91. The van der Waals surface area contributed by atoms with Gasteiger partial charge in [0.25, 0.3) is 0 Å². The summed E-state index contributed by atoms with van der Waals surface area (Å²) >= 11 is 0. The van der Waals surface area contributed by atoms with Crippen LogP contribution >= 0.6 is 0 Å². The molecule has 0 aliphatic carbocycles. The van der Waals surface area contributed by atoms with Crippen LogP contribution in [0.1, 0.15) is 5.56 Å². The molecule has 8 heteroatoms. The molecule has 0 amide bonds. The number of ether oxygens (including phenoxy) is 2. The maximum atomic E-state index is 5.37. The van der Waals surface area contributed by atoms with Crippen LogP contribution in [0.4, 0.5) is 17.5 Å². The Bertz CT molecular complexity index is 828. The van der Waals surface area contributed by atoms with Crippen molar-refractivity contribution >= 4 is 17.5 Å². The first-order chi connectivity index (χ1) is 12.3. The summed E-state index contributed by atoms with van der Waals surface area (Å²) in [5.74, 6) is 2.33. The van der Waals surface area contributed by atoms with Gasteiger partial charge in [-0.25, -0.2) is 0 Å². The van der Waals surface area contributed by atoms with Crippen molar-refractivity contribution in [1.29, 1.82) is 0 Å². The molecule has 0 aliphatic rings. The topological polar surface area (TPSA) is 94.1 Å². The average molecular weight is 338 g/mol. The van der Waals surface area contributed by atoms with Crippen molar-refractivity contribution in [2.24, 2.45) is 0 Å². The molecule has 0 bridgehead atoms. The minimum absolute atomic E-state index is 0.425. The van der Waals surface area contributed by atoms with E-state index >= 15 is 0 Å². The summed E-state index contributed by atoms with van der Waals surface area (Å²) in [7, 11) is 3.21. The Morgan fingerprint density at radius 1 is 1.04 bits per heavy atom. The summed E-state index contributed by atoms with van der Waals surface area (Å²) in [5.41, 5.74) is 1.83. The number of methoxy groups -OCH3 is 2. The van der Waals surface area contributed by atoms with Crippen molar-refractivity contribution in [2.75, 3.05) is 24.9 Å². The summed E-state index contributed by atoms with van der Waals surface area (Å²) in [6.07, 6.45) is 5.02. The molecular formula is C17H18N6O2. The molecule has 8 nitrogen and oxygen atoms in total. The number of aromatic nitrogens is 4. The van der Waals surface area contributed by atoms with Crippen LogP contribution in [0.25, 0.3) is 0 Å². The second-order valence-corrected chi connectivity index (χ2v) is 5.07. The monoisotopic (exact) mass is 338 g/mol. The van der Waals surface area contributed by atoms with Gasteiger partial charge in [-0.3, -0.25) is 4.98 Å². The zero-order chi connectivity index (χ0) is 17.5. The zero-order valence-electron chi connectivity index (χ0n) is 13.9. The third-order valence-corrected chi connectivity index (χ3v) is 3.43. The van der Waals surface area contributed by atoms with E-state index in [1.807, 2.05) is 24.3 Å². The lowest BCUT2D eigenvalue weighted by molar-refractivity contribution is 0.395. The average Bonchev–Trinajstić information content (AvgIpc) is 2.68. The van der Waals surface area contributed by atoms with Gasteiger partial charge in [-0.1, -0.05) is 0 Å². The Labute approximate surface area is 145 Å². The predicted molar refractivity (Wildman–Crippen MR) is 94.2 cm³/mol. The van der Waals surface area contributed by atoms with Crippen LogP contribution in [0.15, 0.2) is 48.9 Å². The van der Waals surface area contributed by atoms with Crippen LogP contribution in [0.3, 0.4) is 0 Å². The number of pyridine rings is 1. The van der Waals surface area contributed by atoms with E-state index < -0.39 is 0 Å². The molecule has 0 fully saturated rings. The van der Waals surface area contributed by atoms with Crippen LogP contribution < -0.4 is 20.1 Å². The van der Waals surface area contributed by atoms with Crippen LogP contribution in [0.2, 0.25) is 0 Å². The van der Waals surface area contributed by atoms with Gasteiger partial charge >= 0.3 is 0 Å². The van der Waals surface area contributed by atoms with Crippen molar-refractivity contribution in [1.82, 2.24) is 20.2 Å². The molecule has 2 heterocycles. The molecule has 0 spiro atoms. The van der Waals surface area contributed by atoms with Crippen molar-refractivity contribution in [3.05, 3.63) is 54.5 Å². The highest BCUT2D eigenvalue weighted by Gasteiger charge is 2.07. The molecule has 0 radical (unpaired) electrons. The summed E-state index contributed by atoms with van der Waals surface area (Å²) in [4.78, 5) is 8.39. The lowest BCUT2D eigenvalue weighted by atomic mass is 10.2. The molecule has 0 saturated carbocycles. The van der Waals surface area contributed by atoms with E-state index in [0.717, 1.165) is 11.3 Å². The number of rotatable bonds is 7. The number of benzene rings is 1. The Hall–Kier alpha value is -3.42. The Balaban J connectivity index is 1.71. The minimum Gasteiger partial charge on any atom is -0.497 e. The highest BCUT2D eigenvalue weighted by atomic mass is 16.5. The molecule has 1 aromatic carbocycles. The summed E-state index contributed by atoms with van der Waals surface area (Å²) in [6.45, 7) is 0.583. The van der Waals surface area contributed by atoms with E-state index in [1.165, 1.54) is 0 Å². The fourth-order valence-electron chi connectivity index (χ4n) is 2.16. The van der Waals surface area contributed by atoms with Gasteiger partial charge in [0, 0.05) is 25.0 Å². The number of hydrogen-bond donors (Lipinski definition) is 2. The van der Waals surface area contributed by atoms with Gasteiger partial charge < -0.3 is 20.1 Å². The zero-order valence-corrected chi connectivity index (χ0v) is 13.9. The van der Waals surface area contributed by atoms with Gasteiger partial charge in [0.2, 0.25) is 5.95 Å². The minimum atomic E-state index is 0.425. The molecule has 0 saturated heterocycles. The van der Waals surface area contributed by atoms with E-state index in [9.17, 15) is 0 Å². The SMILES string of the molecule is COc1ccc(Nc2cnnc(NCc3ccncc3)n2)c(OC)c1. The smallest absolute Gasteiger partial charge is 0.244 e. The number of anilines is 3. The summed E-state index contributed by atoms with van der Waals surface area (Å²) in [5, 5.41) is 14.3. The van der Waals surface area contributed by atoms with Crippen molar-refractivity contribution in [2.45, 2.75) is 6.54 Å². The first-order valence-corrected chi connectivity index (χ1v) is 7.60. The van der Waals surface area contributed by atoms with Gasteiger partial charge in [0.1, 0.15) is 11.5 Å². The Morgan fingerprint density at radius 3 is 2.64 bits per heavy atom. The normalized spacial score (nSPS) is 10.2. The predicted octanol–water partition coefficient (Wildman–Crippen LogP) is 2.64. The second-order valence-electron chi connectivity index (χ2n) is 5.07. The van der Waals surface area contributed by atoms with Crippen molar-refractivity contribution in [3.63, 3.8) is 0 Å². The third kappa shape index (κ3) is 4.31. The molecule has 0 aliphatic heterocycles. The maximum Gasteiger partial charge on any atom is 0.244 e. The lowest BCUT2D eigenvalue weighted by Crippen LogP contribution is -2.06. The molecule has 0 atom stereocenters. The fourth-order valence-corrected chi connectivity index (χ4v) is 2.16. The molecule has 3 rings (SSSR count). The van der Waals surface area contributed by atoms with E-state index in [1.54, 1.807) is 38.9 Å². The largest absolute Gasteiger partial charge is 0.497 e. The molecule has 128 valence electrons. The quantitative estimate of drug-likeness (QED) is 0.679. The maximum absolute atomic E-state index is 5.37. The summed E-state index contributed by atoms with van der Waals surface area (Å²) < 4.78 is 10.6. The van der Waals surface area contributed by atoms with E-state index in [-0.39, 0.29) is 0 Å². The van der Waals surface area contributed by atoms with E-state index in [0.29, 0.717) is 29.8 Å². The highest BCUT2D eigenvalue weighted by molar-refractivity contribution is 5.65. The van der Waals surface area contributed by atoms with Crippen molar-refractivity contribution < 1.29 is 9.47 Å². The van der Waals surface area contributed by atoms with Crippen LogP contribution in [0, 0.1) is 0 Å². The first kappa shape index (κ1) is 16.4. The van der Waals surface area contributed by atoms with Crippen LogP contribution in [0.5, 0.6) is 11.5 Å². The van der Waals surface area contributed by atoms with Crippen LogP contribution in [-0.2, 0) is 6.54 Å². The molecule has 3 aromatic rings. The Morgan fingerprint density at radius 2 is 1.88 bits per heavy atom. The lowest BCUT2D eigenvalue weighted by Gasteiger charge is -2.12.